The Hall–Kier alpha value is -1.61. The molecule has 0 aliphatic carbocycles. The van der Waals surface area contributed by atoms with Crippen LogP contribution in [0.5, 0.6) is 0 Å². The van der Waals surface area contributed by atoms with Crippen LogP contribution in [0.1, 0.15) is 5.69 Å². The number of rotatable bonds is 2. The Morgan fingerprint density at radius 2 is 2.31 bits per heavy atom. The van der Waals surface area contributed by atoms with Crippen LogP contribution in [0.25, 0.3) is 10.8 Å². The maximum Gasteiger partial charge on any atom is 0.239 e. The van der Waals surface area contributed by atoms with Gasteiger partial charge in [-0.3, -0.25) is 9.78 Å². The quantitative estimate of drug-likeness (QED) is 0.812. The number of fused-ring (bicyclic) bond motifs is 1. The number of aromatic nitrogens is 1. The first-order valence-corrected chi connectivity index (χ1v) is 5.45. The topological polar surface area (TPSA) is 42.0 Å². The van der Waals surface area contributed by atoms with Crippen molar-refractivity contribution in [2.75, 3.05) is 11.2 Å². The molecule has 0 fully saturated rings. The fourth-order valence-electron chi connectivity index (χ4n) is 1.57. The zero-order chi connectivity index (χ0) is 11.5. The van der Waals surface area contributed by atoms with Crippen LogP contribution in [0, 0.1) is 6.92 Å². The number of pyridine rings is 1. The Bertz CT molecular complexity index is 540. The van der Waals surface area contributed by atoms with Crippen molar-refractivity contribution in [1.82, 2.24) is 4.98 Å². The predicted octanol–water partition coefficient (Wildman–Crippen LogP) is 2.72. The molecule has 2 rings (SSSR count). The van der Waals surface area contributed by atoms with Gasteiger partial charge in [-0.1, -0.05) is 12.1 Å². The Kier molecular flexibility index (Phi) is 3.06. The molecular formula is C12H11ClN2O. The Morgan fingerprint density at radius 3 is 3.06 bits per heavy atom. The molecule has 0 radical (unpaired) electrons. The molecule has 0 atom stereocenters. The number of hydrogen-bond acceptors (Lipinski definition) is 2. The highest BCUT2D eigenvalue weighted by molar-refractivity contribution is 6.29. The molecule has 4 heteroatoms. The van der Waals surface area contributed by atoms with Crippen molar-refractivity contribution in [2.24, 2.45) is 0 Å². The zero-order valence-corrected chi connectivity index (χ0v) is 9.58. The summed E-state index contributed by atoms with van der Waals surface area (Å²) in [5, 5.41) is 4.74. The third-order valence-electron chi connectivity index (χ3n) is 2.30. The fraction of sp³-hybridized carbons (Fsp3) is 0.167. The van der Waals surface area contributed by atoms with Gasteiger partial charge in [0.2, 0.25) is 5.91 Å². The predicted molar refractivity (Wildman–Crippen MR) is 65.8 cm³/mol. The number of nitrogens with one attached hydrogen (secondary N) is 1. The minimum Gasteiger partial charge on any atom is -0.324 e. The van der Waals surface area contributed by atoms with E-state index in [1.165, 1.54) is 0 Å². The molecule has 1 aromatic carbocycles. The Morgan fingerprint density at radius 1 is 1.50 bits per heavy atom. The summed E-state index contributed by atoms with van der Waals surface area (Å²) in [7, 11) is 0. The van der Waals surface area contributed by atoms with E-state index in [1.54, 1.807) is 6.20 Å². The lowest BCUT2D eigenvalue weighted by atomic mass is 10.1. The second kappa shape index (κ2) is 4.49. The first-order valence-electron chi connectivity index (χ1n) is 4.92. The molecule has 3 nitrogen and oxygen atoms in total. The van der Waals surface area contributed by atoms with Crippen LogP contribution in [0.2, 0.25) is 0 Å². The minimum atomic E-state index is -0.205. The highest BCUT2D eigenvalue weighted by Gasteiger charge is 2.04. The van der Waals surface area contributed by atoms with E-state index in [9.17, 15) is 4.79 Å². The average molecular weight is 235 g/mol. The van der Waals surface area contributed by atoms with E-state index in [0.717, 1.165) is 22.2 Å². The molecular weight excluding hydrogens is 224 g/mol. The lowest BCUT2D eigenvalue weighted by Crippen LogP contribution is -2.12. The molecule has 0 saturated heterocycles. The third-order valence-corrected chi connectivity index (χ3v) is 2.54. The molecule has 1 heterocycles. The molecule has 0 aliphatic rings. The number of anilines is 1. The van der Waals surface area contributed by atoms with Crippen LogP contribution in [-0.2, 0) is 4.79 Å². The number of hydrogen-bond donors (Lipinski definition) is 1. The van der Waals surface area contributed by atoms with Gasteiger partial charge in [0.15, 0.2) is 0 Å². The fourth-order valence-corrected chi connectivity index (χ4v) is 1.63. The number of amides is 1. The van der Waals surface area contributed by atoms with Crippen molar-refractivity contribution in [1.29, 1.82) is 0 Å². The number of carbonyl (C=O) groups is 1. The molecule has 1 aromatic heterocycles. The monoisotopic (exact) mass is 234 g/mol. The molecule has 1 amide bonds. The van der Waals surface area contributed by atoms with Gasteiger partial charge in [0.25, 0.3) is 0 Å². The highest BCUT2D eigenvalue weighted by atomic mass is 35.5. The molecule has 0 spiro atoms. The zero-order valence-electron chi connectivity index (χ0n) is 8.83. The number of benzene rings is 1. The first-order chi connectivity index (χ1) is 7.70. The number of carbonyl (C=O) groups excluding carboxylic acids is 1. The lowest BCUT2D eigenvalue weighted by Gasteiger charge is -2.07. The largest absolute Gasteiger partial charge is 0.324 e. The smallest absolute Gasteiger partial charge is 0.239 e. The van der Waals surface area contributed by atoms with Gasteiger partial charge in [0, 0.05) is 28.4 Å². The summed E-state index contributed by atoms with van der Waals surface area (Å²) in [4.78, 5) is 15.5. The van der Waals surface area contributed by atoms with Crippen LogP contribution in [0.4, 0.5) is 5.69 Å². The molecule has 0 aliphatic heterocycles. The van der Waals surface area contributed by atoms with E-state index in [-0.39, 0.29) is 11.8 Å². The summed E-state index contributed by atoms with van der Waals surface area (Å²) in [5.41, 5.74) is 1.69. The van der Waals surface area contributed by atoms with Crippen molar-refractivity contribution < 1.29 is 4.79 Å². The lowest BCUT2D eigenvalue weighted by molar-refractivity contribution is -0.113. The standard InChI is InChI=1S/C12H11ClN2O/c1-8-5-10-9(7-14-8)3-2-4-11(10)15-12(16)6-13/h2-5,7H,6H2,1H3,(H,15,16). The summed E-state index contributed by atoms with van der Waals surface area (Å²) in [6, 6.07) is 7.63. The van der Waals surface area contributed by atoms with E-state index in [4.69, 9.17) is 11.6 Å². The molecule has 1 N–H and O–H groups in total. The van der Waals surface area contributed by atoms with E-state index in [0.29, 0.717) is 0 Å². The van der Waals surface area contributed by atoms with Gasteiger partial charge < -0.3 is 5.32 Å². The van der Waals surface area contributed by atoms with Crippen molar-refractivity contribution in [2.45, 2.75) is 6.92 Å². The second-order valence-corrected chi connectivity index (χ2v) is 3.80. The van der Waals surface area contributed by atoms with E-state index in [1.807, 2.05) is 31.2 Å². The van der Waals surface area contributed by atoms with Crippen LogP contribution in [0.3, 0.4) is 0 Å². The number of nitrogens with zero attached hydrogens (tertiary/aromatic N) is 1. The van der Waals surface area contributed by atoms with E-state index >= 15 is 0 Å². The summed E-state index contributed by atoms with van der Waals surface area (Å²) in [5.74, 6) is -0.246. The first kappa shape index (κ1) is 10.9. The summed E-state index contributed by atoms with van der Waals surface area (Å²) in [6.07, 6.45) is 1.79. The highest BCUT2D eigenvalue weighted by Crippen LogP contribution is 2.23. The Labute approximate surface area is 98.4 Å². The van der Waals surface area contributed by atoms with Crippen LogP contribution in [-0.4, -0.2) is 16.8 Å². The third kappa shape index (κ3) is 2.14. The molecule has 16 heavy (non-hydrogen) atoms. The van der Waals surface area contributed by atoms with Crippen molar-refractivity contribution in [3.63, 3.8) is 0 Å². The molecule has 0 bridgehead atoms. The Balaban J connectivity index is 2.52. The maximum atomic E-state index is 11.3. The van der Waals surface area contributed by atoms with Crippen LogP contribution >= 0.6 is 11.6 Å². The summed E-state index contributed by atoms with van der Waals surface area (Å²) >= 11 is 5.46. The van der Waals surface area contributed by atoms with Gasteiger partial charge in [-0.15, -0.1) is 11.6 Å². The summed E-state index contributed by atoms with van der Waals surface area (Å²) < 4.78 is 0. The van der Waals surface area contributed by atoms with E-state index in [2.05, 4.69) is 10.3 Å². The molecule has 0 unspecified atom stereocenters. The molecule has 0 saturated carbocycles. The average Bonchev–Trinajstić information content (AvgIpc) is 2.29. The normalized spacial score (nSPS) is 10.4. The van der Waals surface area contributed by atoms with Crippen molar-refractivity contribution in [3.8, 4) is 0 Å². The number of aryl methyl sites for hydroxylation is 1. The van der Waals surface area contributed by atoms with Gasteiger partial charge in [-0.2, -0.15) is 0 Å². The number of alkyl halides is 1. The molecule has 2 aromatic rings. The maximum absolute atomic E-state index is 11.3. The summed E-state index contributed by atoms with van der Waals surface area (Å²) in [6.45, 7) is 1.92. The van der Waals surface area contributed by atoms with Gasteiger partial charge in [-0.05, 0) is 19.1 Å². The van der Waals surface area contributed by atoms with E-state index < -0.39 is 0 Å². The van der Waals surface area contributed by atoms with Gasteiger partial charge in [-0.25, -0.2) is 0 Å². The van der Waals surface area contributed by atoms with Crippen LogP contribution in [0.15, 0.2) is 30.5 Å². The van der Waals surface area contributed by atoms with Gasteiger partial charge in [0.1, 0.15) is 5.88 Å². The van der Waals surface area contributed by atoms with Gasteiger partial charge in [0.05, 0.1) is 0 Å². The van der Waals surface area contributed by atoms with Gasteiger partial charge >= 0.3 is 0 Å². The minimum absolute atomic E-state index is 0.0412. The van der Waals surface area contributed by atoms with Crippen molar-refractivity contribution >= 4 is 34.0 Å². The van der Waals surface area contributed by atoms with Crippen molar-refractivity contribution in [3.05, 3.63) is 36.2 Å². The SMILES string of the molecule is Cc1cc2c(NC(=O)CCl)cccc2cn1. The van der Waals surface area contributed by atoms with Crippen LogP contribution < -0.4 is 5.32 Å². The number of halogens is 1. The second-order valence-electron chi connectivity index (χ2n) is 3.53. The molecule has 82 valence electrons.